The second-order valence-electron chi connectivity index (χ2n) is 7.08. The number of rotatable bonds is 3. The van der Waals surface area contributed by atoms with Crippen LogP contribution in [-0.4, -0.2) is 24.5 Å². The molecule has 0 amide bonds. The standard InChI is InChI=1S/C21H19F2N5/c1-2-7-28-8-6-13-15(9-24)20(27)21(11-25,12-26)18(16(13)10-28)14-4-3-5-17(22)19(14)23/h3-6,16,18H,2,7-8,10,27H2,1H3/t16-,18-/m0/s1. The summed E-state index contributed by atoms with van der Waals surface area (Å²) < 4.78 is 28.8. The number of halogens is 2. The molecule has 2 aliphatic rings. The first-order valence-electron chi connectivity index (χ1n) is 9.04. The van der Waals surface area contributed by atoms with Crippen LogP contribution in [0.1, 0.15) is 24.8 Å². The van der Waals surface area contributed by atoms with Crippen LogP contribution in [0.5, 0.6) is 0 Å². The molecule has 0 radical (unpaired) electrons. The Kier molecular flexibility index (Phi) is 5.18. The fourth-order valence-electron chi connectivity index (χ4n) is 4.34. The van der Waals surface area contributed by atoms with Gasteiger partial charge < -0.3 is 5.73 Å². The van der Waals surface area contributed by atoms with Gasteiger partial charge in [-0.1, -0.05) is 25.1 Å². The van der Waals surface area contributed by atoms with Crippen molar-refractivity contribution in [1.29, 1.82) is 15.8 Å². The van der Waals surface area contributed by atoms with Crippen LogP contribution in [0.3, 0.4) is 0 Å². The molecule has 0 aromatic heterocycles. The van der Waals surface area contributed by atoms with Crippen LogP contribution in [0, 0.1) is 57.0 Å². The van der Waals surface area contributed by atoms with Crippen molar-refractivity contribution in [1.82, 2.24) is 4.90 Å². The first kappa shape index (κ1) is 19.5. The first-order valence-corrected chi connectivity index (χ1v) is 9.04. The molecule has 0 saturated heterocycles. The van der Waals surface area contributed by atoms with Crippen molar-refractivity contribution in [2.75, 3.05) is 19.6 Å². The first-order chi connectivity index (χ1) is 13.4. The number of fused-ring (bicyclic) bond motifs is 1. The Bertz CT molecular complexity index is 976. The molecular weight excluding hydrogens is 360 g/mol. The van der Waals surface area contributed by atoms with Gasteiger partial charge in [-0.15, -0.1) is 0 Å². The van der Waals surface area contributed by atoms with Gasteiger partial charge in [0.1, 0.15) is 6.07 Å². The molecule has 142 valence electrons. The third-order valence-electron chi connectivity index (χ3n) is 5.60. The Morgan fingerprint density at radius 3 is 2.57 bits per heavy atom. The van der Waals surface area contributed by atoms with Gasteiger partial charge in [-0.2, -0.15) is 15.8 Å². The molecule has 28 heavy (non-hydrogen) atoms. The number of nitrogens with two attached hydrogens (primary N) is 1. The van der Waals surface area contributed by atoms with Crippen molar-refractivity contribution in [2.45, 2.75) is 19.3 Å². The molecule has 3 rings (SSSR count). The zero-order valence-electron chi connectivity index (χ0n) is 15.4. The van der Waals surface area contributed by atoms with Gasteiger partial charge in [-0.05, 0) is 30.2 Å². The van der Waals surface area contributed by atoms with E-state index in [0.717, 1.165) is 19.0 Å². The van der Waals surface area contributed by atoms with E-state index in [1.54, 1.807) is 0 Å². The number of hydrogen-bond acceptors (Lipinski definition) is 5. The van der Waals surface area contributed by atoms with Gasteiger partial charge in [0.05, 0.1) is 23.4 Å². The SMILES string of the molecule is CCCN1CC=C2C(C#N)=C(N)C(C#N)(C#N)[C@@H](c3cccc(F)c3F)[C@H]2C1. The summed E-state index contributed by atoms with van der Waals surface area (Å²) >= 11 is 0. The van der Waals surface area contributed by atoms with Crippen molar-refractivity contribution < 1.29 is 8.78 Å². The molecule has 0 unspecified atom stereocenters. The second-order valence-corrected chi connectivity index (χ2v) is 7.08. The maximum atomic E-state index is 14.8. The summed E-state index contributed by atoms with van der Waals surface area (Å²) in [5.41, 5.74) is 4.61. The summed E-state index contributed by atoms with van der Waals surface area (Å²) in [6.45, 7) is 3.80. The fraction of sp³-hybridized carbons (Fsp3) is 0.381. The molecule has 2 N–H and O–H groups in total. The van der Waals surface area contributed by atoms with Crippen LogP contribution in [0.15, 0.2) is 41.1 Å². The molecule has 7 heteroatoms. The van der Waals surface area contributed by atoms with E-state index in [1.807, 2.05) is 31.2 Å². The predicted molar refractivity (Wildman–Crippen MR) is 97.9 cm³/mol. The lowest BCUT2D eigenvalue weighted by atomic mass is 9.58. The van der Waals surface area contributed by atoms with E-state index in [-0.39, 0.29) is 16.8 Å². The quantitative estimate of drug-likeness (QED) is 0.870. The Morgan fingerprint density at radius 2 is 1.96 bits per heavy atom. The topological polar surface area (TPSA) is 101 Å². The molecule has 1 heterocycles. The number of nitriles is 3. The van der Waals surface area contributed by atoms with Gasteiger partial charge >= 0.3 is 0 Å². The van der Waals surface area contributed by atoms with Gasteiger partial charge in [-0.3, -0.25) is 4.90 Å². The molecular formula is C21H19F2N5. The maximum absolute atomic E-state index is 14.8. The van der Waals surface area contributed by atoms with Gasteiger partial charge in [-0.25, -0.2) is 8.78 Å². The summed E-state index contributed by atoms with van der Waals surface area (Å²) in [5, 5.41) is 29.5. The molecule has 5 nitrogen and oxygen atoms in total. The summed E-state index contributed by atoms with van der Waals surface area (Å²) in [5.74, 6) is -3.70. The van der Waals surface area contributed by atoms with E-state index in [4.69, 9.17) is 5.73 Å². The monoisotopic (exact) mass is 379 g/mol. The van der Waals surface area contributed by atoms with Crippen molar-refractivity contribution in [3.8, 4) is 18.2 Å². The third-order valence-corrected chi connectivity index (χ3v) is 5.60. The van der Waals surface area contributed by atoms with E-state index in [2.05, 4.69) is 4.90 Å². The normalized spacial score (nSPS) is 23.8. The number of nitrogens with zero attached hydrogens (tertiary/aromatic N) is 4. The van der Waals surface area contributed by atoms with Gasteiger partial charge in [0.25, 0.3) is 0 Å². The largest absolute Gasteiger partial charge is 0.399 e. The minimum Gasteiger partial charge on any atom is -0.399 e. The highest BCUT2D eigenvalue weighted by Gasteiger charge is 2.55. The Balaban J connectivity index is 2.32. The molecule has 1 aromatic carbocycles. The van der Waals surface area contributed by atoms with Crippen LogP contribution in [0.4, 0.5) is 8.78 Å². The lowest BCUT2D eigenvalue weighted by Crippen LogP contribution is -2.48. The Morgan fingerprint density at radius 1 is 1.25 bits per heavy atom. The van der Waals surface area contributed by atoms with Crippen LogP contribution in [-0.2, 0) is 0 Å². The van der Waals surface area contributed by atoms with Crippen LogP contribution < -0.4 is 5.73 Å². The predicted octanol–water partition coefficient (Wildman–Crippen LogP) is 3.10. The fourth-order valence-corrected chi connectivity index (χ4v) is 4.34. The highest BCUT2D eigenvalue weighted by atomic mass is 19.2. The number of hydrogen-bond donors (Lipinski definition) is 1. The Labute approximate surface area is 162 Å². The van der Waals surface area contributed by atoms with Crippen LogP contribution >= 0.6 is 0 Å². The highest BCUT2D eigenvalue weighted by molar-refractivity contribution is 5.59. The van der Waals surface area contributed by atoms with E-state index in [0.29, 0.717) is 18.7 Å². The zero-order valence-corrected chi connectivity index (χ0v) is 15.4. The number of allylic oxidation sites excluding steroid dienone is 2. The highest BCUT2D eigenvalue weighted by Crippen LogP contribution is 2.54. The Hall–Kier alpha value is -3.21. The summed E-state index contributed by atoms with van der Waals surface area (Å²) in [6, 6.07) is 9.59. The lowest BCUT2D eigenvalue weighted by molar-refractivity contribution is 0.204. The molecule has 1 aliphatic carbocycles. The summed E-state index contributed by atoms with van der Waals surface area (Å²) in [4.78, 5) is 2.11. The molecule has 0 bridgehead atoms. The molecule has 1 aliphatic heterocycles. The molecule has 0 fully saturated rings. The minimum atomic E-state index is -1.96. The maximum Gasteiger partial charge on any atom is 0.191 e. The van der Waals surface area contributed by atoms with Crippen molar-refractivity contribution in [3.05, 3.63) is 58.3 Å². The third kappa shape index (κ3) is 2.74. The van der Waals surface area contributed by atoms with Crippen molar-refractivity contribution >= 4 is 0 Å². The van der Waals surface area contributed by atoms with Gasteiger partial charge in [0, 0.05) is 24.9 Å². The average Bonchev–Trinajstić information content (AvgIpc) is 2.70. The van der Waals surface area contributed by atoms with E-state index in [9.17, 15) is 24.6 Å². The minimum absolute atomic E-state index is 0.0720. The molecule has 1 aromatic rings. The van der Waals surface area contributed by atoms with Crippen LogP contribution in [0.25, 0.3) is 0 Å². The van der Waals surface area contributed by atoms with E-state index < -0.39 is 28.9 Å². The van der Waals surface area contributed by atoms with E-state index in [1.165, 1.54) is 12.1 Å². The average molecular weight is 379 g/mol. The van der Waals surface area contributed by atoms with Crippen LogP contribution in [0.2, 0.25) is 0 Å². The smallest absolute Gasteiger partial charge is 0.191 e. The van der Waals surface area contributed by atoms with Gasteiger partial charge in [0.2, 0.25) is 0 Å². The number of benzene rings is 1. The molecule has 0 saturated carbocycles. The second kappa shape index (κ2) is 7.43. The summed E-state index contributed by atoms with van der Waals surface area (Å²) in [6.07, 6.45) is 2.73. The summed E-state index contributed by atoms with van der Waals surface area (Å²) in [7, 11) is 0. The zero-order chi connectivity index (χ0) is 20.5. The van der Waals surface area contributed by atoms with Crippen molar-refractivity contribution in [3.63, 3.8) is 0 Å². The van der Waals surface area contributed by atoms with Gasteiger partial charge in [0.15, 0.2) is 17.0 Å². The molecule has 2 atom stereocenters. The lowest BCUT2D eigenvalue weighted by Gasteiger charge is -2.45. The van der Waals surface area contributed by atoms with E-state index >= 15 is 0 Å². The van der Waals surface area contributed by atoms with Crippen molar-refractivity contribution in [2.24, 2.45) is 17.1 Å². The molecule has 0 spiro atoms.